The summed E-state index contributed by atoms with van der Waals surface area (Å²) in [6.45, 7) is 3.70. The van der Waals surface area contributed by atoms with Crippen LogP contribution in [0.15, 0.2) is 30.3 Å². The highest BCUT2D eigenvalue weighted by atomic mass is 16.5. The number of carboxylic acid groups (broad SMARTS) is 1. The lowest BCUT2D eigenvalue weighted by atomic mass is 10.0. The molecule has 2 aromatic rings. The molecule has 1 atom stereocenters. The van der Waals surface area contributed by atoms with Crippen molar-refractivity contribution in [1.82, 2.24) is 5.32 Å². The second-order valence-corrected chi connectivity index (χ2v) is 6.38. The smallest absolute Gasteiger partial charge is 0.305 e. The van der Waals surface area contributed by atoms with Crippen LogP contribution >= 0.6 is 0 Å². The number of ether oxygens (including phenoxy) is 3. The Morgan fingerprint density at radius 3 is 2.14 bits per heavy atom. The molecule has 0 fully saturated rings. The summed E-state index contributed by atoms with van der Waals surface area (Å²) in [4.78, 5) is 24.2. The molecule has 0 aliphatic rings. The molecule has 0 aliphatic heterocycles. The molecule has 7 nitrogen and oxygen atoms in total. The van der Waals surface area contributed by atoms with Crippen molar-refractivity contribution in [3.63, 3.8) is 0 Å². The standard InChI is InChI=1S/C21H25NO6/c1-12-8-14(9-13(2)20(12)28-5)21(25)22-17(11-19(23)24)16-7-6-15(26-3)10-18(16)27-4/h6-10,17H,11H2,1-5H3,(H,22,25)(H,23,24). The van der Waals surface area contributed by atoms with Gasteiger partial charge in [0.1, 0.15) is 17.2 Å². The minimum absolute atomic E-state index is 0.289. The van der Waals surface area contributed by atoms with Gasteiger partial charge in [0.2, 0.25) is 0 Å². The summed E-state index contributed by atoms with van der Waals surface area (Å²) in [6, 6.07) is 7.69. The number of hydrogen-bond donors (Lipinski definition) is 2. The van der Waals surface area contributed by atoms with E-state index in [1.807, 2.05) is 13.8 Å². The Morgan fingerprint density at radius 2 is 1.64 bits per heavy atom. The number of carbonyl (C=O) groups is 2. The maximum absolute atomic E-state index is 12.8. The number of carbonyl (C=O) groups excluding carboxylic acids is 1. The van der Waals surface area contributed by atoms with Crippen LogP contribution in [0.1, 0.15) is 39.5 Å². The first kappa shape index (κ1) is 21.1. The SMILES string of the molecule is COc1ccc(C(CC(=O)O)NC(=O)c2cc(C)c(OC)c(C)c2)c(OC)c1. The topological polar surface area (TPSA) is 94.1 Å². The van der Waals surface area contributed by atoms with E-state index < -0.39 is 12.0 Å². The van der Waals surface area contributed by atoms with Crippen LogP contribution in [0, 0.1) is 13.8 Å². The lowest BCUT2D eigenvalue weighted by molar-refractivity contribution is -0.137. The Morgan fingerprint density at radius 1 is 1.00 bits per heavy atom. The van der Waals surface area contributed by atoms with E-state index >= 15 is 0 Å². The van der Waals surface area contributed by atoms with Crippen molar-refractivity contribution in [3.05, 3.63) is 52.6 Å². The lowest BCUT2D eigenvalue weighted by Gasteiger charge is -2.21. The number of rotatable bonds is 8. The normalized spacial score (nSPS) is 11.5. The van der Waals surface area contributed by atoms with Crippen molar-refractivity contribution in [2.45, 2.75) is 26.3 Å². The van der Waals surface area contributed by atoms with Crippen LogP contribution in [0.25, 0.3) is 0 Å². The molecule has 2 N–H and O–H groups in total. The summed E-state index contributed by atoms with van der Waals surface area (Å²) in [5, 5.41) is 12.1. The first-order valence-electron chi connectivity index (χ1n) is 8.70. The second kappa shape index (κ2) is 9.12. The Balaban J connectivity index is 2.37. The highest BCUT2D eigenvalue weighted by Gasteiger charge is 2.23. The van der Waals surface area contributed by atoms with Gasteiger partial charge in [-0.2, -0.15) is 0 Å². The van der Waals surface area contributed by atoms with Gasteiger partial charge in [0.25, 0.3) is 5.91 Å². The molecule has 1 amide bonds. The third-order valence-electron chi connectivity index (χ3n) is 4.43. The van der Waals surface area contributed by atoms with Crippen molar-refractivity contribution >= 4 is 11.9 Å². The van der Waals surface area contributed by atoms with E-state index in [1.54, 1.807) is 37.4 Å². The van der Waals surface area contributed by atoms with Crippen molar-refractivity contribution in [2.75, 3.05) is 21.3 Å². The Bertz CT molecular complexity index is 854. The largest absolute Gasteiger partial charge is 0.497 e. The molecule has 0 aromatic heterocycles. The molecule has 7 heteroatoms. The molecule has 0 radical (unpaired) electrons. The maximum atomic E-state index is 12.8. The molecule has 150 valence electrons. The summed E-state index contributed by atoms with van der Waals surface area (Å²) >= 11 is 0. The zero-order valence-corrected chi connectivity index (χ0v) is 16.7. The van der Waals surface area contributed by atoms with E-state index in [2.05, 4.69) is 5.32 Å². The van der Waals surface area contributed by atoms with E-state index in [1.165, 1.54) is 14.2 Å². The van der Waals surface area contributed by atoms with Crippen LogP contribution in [0.2, 0.25) is 0 Å². The lowest BCUT2D eigenvalue weighted by Crippen LogP contribution is -2.30. The van der Waals surface area contributed by atoms with E-state index in [0.717, 1.165) is 16.9 Å². The zero-order chi connectivity index (χ0) is 20.8. The van der Waals surface area contributed by atoms with E-state index in [9.17, 15) is 14.7 Å². The number of aryl methyl sites for hydroxylation is 2. The first-order chi connectivity index (χ1) is 13.3. The monoisotopic (exact) mass is 387 g/mol. The average Bonchev–Trinajstić information content (AvgIpc) is 2.66. The zero-order valence-electron chi connectivity index (χ0n) is 16.7. The Hall–Kier alpha value is -3.22. The molecular formula is C21H25NO6. The minimum Gasteiger partial charge on any atom is -0.497 e. The van der Waals surface area contributed by atoms with Crippen molar-refractivity contribution < 1.29 is 28.9 Å². The highest BCUT2D eigenvalue weighted by molar-refractivity contribution is 5.95. The molecule has 0 aliphatic carbocycles. The molecule has 2 aromatic carbocycles. The summed E-state index contributed by atoms with van der Waals surface area (Å²) in [5.74, 6) is 0.314. The molecule has 0 saturated heterocycles. The summed E-state index contributed by atoms with van der Waals surface area (Å²) in [6.07, 6.45) is -0.289. The van der Waals surface area contributed by atoms with Crippen molar-refractivity contribution in [1.29, 1.82) is 0 Å². The fourth-order valence-electron chi connectivity index (χ4n) is 3.16. The summed E-state index contributed by atoms with van der Waals surface area (Å²) < 4.78 is 15.9. The van der Waals surface area contributed by atoms with Gasteiger partial charge in [0.15, 0.2) is 0 Å². The van der Waals surface area contributed by atoms with Gasteiger partial charge in [-0.1, -0.05) is 0 Å². The number of aliphatic carboxylic acids is 1. The molecule has 28 heavy (non-hydrogen) atoms. The van der Waals surface area contributed by atoms with E-state index in [-0.39, 0.29) is 12.3 Å². The summed E-state index contributed by atoms with van der Waals surface area (Å²) in [7, 11) is 4.58. The van der Waals surface area contributed by atoms with Gasteiger partial charge in [-0.25, -0.2) is 0 Å². The number of methoxy groups -OCH3 is 3. The van der Waals surface area contributed by atoms with E-state index in [0.29, 0.717) is 22.6 Å². The van der Waals surface area contributed by atoms with Crippen LogP contribution in [0.5, 0.6) is 17.2 Å². The number of amides is 1. The fraction of sp³-hybridized carbons (Fsp3) is 0.333. The van der Waals surface area contributed by atoms with Crippen molar-refractivity contribution in [3.8, 4) is 17.2 Å². The maximum Gasteiger partial charge on any atom is 0.305 e. The van der Waals surface area contributed by atoms with Gasteiger partial charge >= 0.3 is 5.97 Å². The number of carboxylic acids is 1. The van der Waals surface area contributed by atoms with Crippen LogP contribution in [-0.2, 0) is 4.79 Å². The van der Waals surface area contributed by atoms with Crippen molar-refractivity contribution in [2.24, 2.45) is 0 Å². The summed E-state index contributed by atoms with van der Waals surface area (Å²) in [5.41, 5.74) is 2.63. The molecule has 0 spiro atoms. The van der Waals surface area contributed by atoms with Gasteiger partial charge in [-0.3, -0.25) is 9.59 Å². The molecule has 2 rings (SSSR count). The third-order valence-corrected chi connectivity index (χ3v) is 4.43. The van der Waals surface area contributed by atoms with Gasteiger partial charge in [-0.15, -0.1) is 0 Å². The van der Waals surface area contributed by atoms with Gasteiger partial charge in [-0.05, 0) is 49.2 Å². The van der Waals surface area contributed by atoms with Gasteiger partial charge in [0.05, 0.1) is 33.8 Å². The molecule has 0 bridgehead atoms. The molecule has 0 saturated carbocycles. The quantitative estimate of drug-likeness (QED) is 0.722. The van der Waals surface area contributed by atoms with Crippen LogP contribution in [-0.4, -0.2) is 38.3 Å². The van der Waals surface area contributed by atoms with Crippen LogP contribution in [0.4, 0.5) is 0 Å². The molecular weight excluding hydrogens is 362 g/mol. The molecule has 0 heterocycles. The Labute approximate surface area is 164 Å². The average molecular weight is 387 g/mol. The third kappa shape index (κ3) is 4.73. The predicted molar refractivity (Wildman–Crippen MR) is 104 cm³/mol. The number of benzene rings is 2. The van der Waals surface area contributed by atoms with Gasteiger partial charge < -0.3 is 24.6 Å². The second-order valence-electron chi connectivity index (χ2n) is 6.38. The fourth-order valence-corrected chi connectivity index (χ4v) is 3.16. The number of nitrogens with one attached hydrogen (secondary N) is 1. The van der Waals surface area contributed by atoms with E-state index in [4.69, 9.17) is 14.2 Å². The highest BCUT2D eigenvalue weighted by Crippen LogP contribution is 2.32. The van der Waals surface area contributed by atoms with Crippen LogP contribution in [0.3, 0.4) is 0 Å². The van der Waals surface area contributed by atoms with Crippen LogP contribution < -0.4 is 19.5 Å². The predicted octanol–water partition coefficient (Wildman–Crippen LogP) is 3.28. The first-order valence-corrected chi connectivity index (χ1v) is 8.70. The number of hydrogen-bond acceptors (Lipinski definition) is 5. The molecule has 1 unspecified atom stereocenters. The van der Waals surface area contributed by atoms with Gasteiger partial charge in [0, 0.05) is 17.2 Å². The minimum atomic E-state index is -1.04. The Kier molecular flexibility index (Phi) is 6.87.